The molecule has 1 aliphatic heterocycles. The van der Waals surface area contributed by atoms with E-state index >= 15 is 0 Å². The second-order valence-electron chi connectivity index (χ2n) is 7.72. The van der Waals surface area contributed by atoms with Gasteiger partial charge in [0.1, 0.15) is 5.82 Å². The molecule has 2 aromatic heterocycles. The first-order valence-electron chi connectivity index (χ1n) is 8.87. The largest absolute Gasteiger partial charge is 0.337 e. The van der Waals surface area contributed by atoms with Crippen molar-refractivity contribution in [3.8, 4) is 0 Å². The quantitative estimate of drug-likeness (QED) is 0.851. The van der Waals surface area contributed by atoms with Crippen LogP contribution in [0.1, 0.15) is 43.4 Å². The predicted octanol–water partition coefficient (Wildman–Crippen LogP) is 1.72. The Kier molecular flexibility index (Phi) is 4.94. The number of nitrogens with zero attached hydrogens (tertiary/aromatic N) is 6. The zero-order valence-corrected chi connectivity index (χ0v) is 15.6. The fraction of sp³-hybridized carbons (Fsp3) is 0.611. The first-order chi connectivity index (χ1) is 11.8. The van der Waals surface area contributed by atoms with E-state index in [4.69, 9.17) is 0 Å². The van der Waals surface area contributed by atoms with Gasteiger partial charge in [-0.25, -0.2) is 4.98 Å². The van der Waals surface area contributed by atoms with Crippen LogP contribution in [0.15, 0.2) is 24.8 Å². The molecule has 0 saturated carbocycles. The van der Waals surface area contributed by atoms with Crippen molar-refractivity contribution in [3.05, 3.63) is 36.2 Å². The van der Waals surface area contributed by atoms with Gasteiger partial charge in [0, 0.05) is 51.8 Å². The number of imidazole rings is 1. The zero-order chi connectivity index (χ0) is 18.0. The van der Waals surface area contributed by atoms with Crippen molar-refractivity contribution in [2.75, 3.05) is 26.2 Å². The number of aryl methyl sites for hydroxylation is 1. The smallest absolute Gasteiger partial charge is 0.257 e. The Morgan fingerprint density at radius 2 is 2.00 bits per heavy atom. The van der Waals surface area contributed by atoms with Crippen molar-refractivity contribution in [1.29, 1.82) is 0 Å². The van der Waals surface area contributed by atoms with Crippen molar-refractivity contribution in [2.45, 2.75) is 39.3 Å². The minimum Gasteiger partial charge on any atom is -0.337 e. The molecule has 1 aliphatic rings. The molecule has 1 saturated heterocycles. The summed E-state index contributed by atoms with van der Waals surface area (Å²) in [5.74, 6) is 1.14. The van der Waals surface area contributed by atoms with Gasteiger partial charge in [0.25, 0.3) is 5.91 Å². The number of carbonyl (C=O) groups excluding carboxylic acids is 1. The monoisotopic (exact) mass is 344 g/mol. The average molecular weight is 344 g/mol. The average Bonchev–Trinajstić information content (AvgIpc) is 3.12. The van der Waals surface area contributed by atoms with E-state index in [-0.39, 0.29) is 11.4 Å². The lowest BCUT2D eigenvalue weighted by atomic mass is 10.1. The van der Waals surface area contributed by atoms with Gasteiger partial charge < -0.3 is 9.47 Å². The molecule has 136 valence electrons. The lowest BCUT2D eigenvalue weighted by Gasteiger charge is -2.22. The summed E-state index contributed by atoms with van der Waals surface area (Å²) < 4.78 is 3.90. The Labute approximate surface area is 149 Å². The molecule has 0 atom stereocenters. The van der Waals surface area contributed by atoms with Gasteiger partial charge in [-0.2, -0.15) is 5.10 Å². The molecule has 2 aromatic rings. The standard InChI is InChI=1S/C18H28N6O/c1-18(2,3)24-13-15(12-20-24)17(25)23-8-5-7-22(10-11-23)14-16-19-6-9-21(16)4/h6,9,12-13H,5,7-8,10-11,14H2,1-4H3. The Balaban J connectivity index is 1.61. The number of rotatable bonds is 3. The van der Waals surface area contributed by atoms with Crippen molar-refractivity contribution in [3.63, 3.8) is 0 Å². The number of carbonyl (C=O) groups is 1. The molecule has 3 heterocycles. The van der Waals surface area contributed by atoms with Crippen LogP contribution < -0.4 is 0 Å². The van der Waals surface area contributed by atoms with Crippen LogP contribution in [-0.2, 0) is 19.1 Å². The van der Waals surface area contributed by atoms with Crippen molar-refractivity contribution < 1.29 is 4.79 Å². The van der Waals surface area contributed by atoms with Gasteiger partial charge in [0.05, 0.1) is 23.8 Å². The van der Waals surface area contributed by atoms with Gasteiger partial charge in [-0.15, -0.1) is 0 Å². The van der Waals surface area contributed by atoms with E-state index in [1.165, 1.54) is 0 Å². The highest BCUT2D eigenvalue weighted by atomic mass is 16.2. The van der Waals surface area contributed by atoms with Crippen LogP contribution in [0.2, 0.25) is 0 Å². The summed E-state index contributed by atoms with van der Waals surface area (Å²) in [7, 11) is 2.02. The van der Waals surface area contributed by atoms with E-state index in [0.29, 0.717) is 5.56 Å². The van der Waals surface area contributed by atoms with Gasteiger partial charge in [0.2, 0.25) is 0 Å². The number of hydrogen-bond acceptors (Lipinski definition) is 4. The van der Waals surface area contributed by atoms with Gasteiger partial charge in [-0.05, 0) is 27.2 Å². The molecule has 0 aromatic carbocycles. The summed E-state index contributed by atoms with van der Waals surface area (Å²) in [6.45, 7) is 10.4. The van der Waals surface area contributed by atoms with E-state index in [2.05, 4.69) is 40.3 Å². The second-order valence-corrected chi connectivity index (χ2v) is 7.72. The minimum atomic E-state index is -0.115. The number of amides is 1. The maximum absolute atomic E-state index is 12.8. The molecule has 7 nitrogen and oxygen atoms in total. The molecule has 0 spiro atoms. The van der Waals surface area contributed by atoms with Gasteiger partial charge in [0.15, 0.2) is 0 Å². The van der Waals surface area contributed by atoms with Gasteiger partial charge in [-0.3, -0.25) is 14.4 Å². The fourth-order valence-electron chi connectivity index (χ4n) is 3.06. The summed E-state index contributed by atoms with van der Waals surface area (Å²) >= 11 is 0. The molecule has 3 rings (SSSR count). The van der Waals surface area contributed by atoms with Crippen LogP contribution in [0, 0.1) is 0 Å². The van der Waals surface area contributed by atoms with Crippen molar-refractivity contribution in [2.24, 2.45) is 7.05 Å². The van der Waals surface area contributed by atoms with Gasteiger partial charge >= 0.3 is 0 Å². The predicted molar refractivity (Wildman–Crippen MR) is 96.2 cm³/mol. The highest BCUT2D eigenvalue weighted by Gasteiger charge is 2.23. The Morgan fingerprint density at radius 3 is 2.64 bits per heavy atom. The number of aromatic nitrogens is 4. The lowest BCUT2D eigenvalue weighted by Crippen LogP contribution is -2.35. The van der Waals surface area contributed by atoms with Crippen molar-refractivity contribution >= 4 is 5.91 Å². The Hall–Kier alpha value is -2.15. The van der Waals surface area contributed by atoms with E-state index in [0.717, 1.165) is 45.0 Å². The third-order valence-corrected chi connectivity index (χ3v) is 4.68. The third-order valence-electron chi connectivity index (χ3n) is 4.68. The van der Waals surface area contributed by atoms with Gasteiger partial charge in [-0.1, -0.05) is 0 Å². The van der Waals surface area contributed by atoms with Crippen LogP contribution in [-0.4, -0.2) is 61.2 Å². The number of hydrogen-bond donors (Lipinski definition) is 0. The first kappa shape index (κ1) is 17.7. The molecular formula is C18H28N6O. The Morgan fingerprint density at radius 1 is 1.20 bits per heavy atom. The van der Waals surface area contributed by atoms with E-state index in [1.54, 1.807) is 6.20 Å². The normalized spacial score (nSPS) is 16.9. The first-order valence-corrected chi connectivity index (χ1v) is 8.87. The summed E-state index contributed by atoms with van der Waals surface area (Å²) in [6.07, 6.45) is 8.32. The van der Waals surface area contributed by atoms with Crippen LogP contribution in [0.3, 0.4) is 0 Å². The molecule has 0 aliphatic carbocycles. The zero-order valence-electron chi connectivity index (χ0n) is 15.6. The summed E-state index contributed by atoms with van der Waals surface area (Å²) in [5.41, 5.74) is 0.559. The summed E-state index contributed by atoms with van der Waals surface area (Å²) in [4.78, 5) is 21.5. The highest BCUT2D eigenvalue weighted by Crippen LogP contribution is 2.15. The maximum atomic E-state index is 12.8. The summed E-state index contributed by atoms with van der Waals surface area (Å²) in [6, 6.07) is 0. The van der Waals surface area contributed by atoms with E-state index in [9.17, 15) is 4.79 Å². The molecule has 0 radical (unpaired) electrons. The molecule has 7 heteroatoms. The SMILES string of the molecule is Cn1ccnc1CN1CCCN(C(=O)c2cnn(C(C)(C)C)c2)CC1. The lowest BCUT2D eigenvalue weighted by molar-refractivity contribution is 0.0760. The maximum Gasteiger partial charge on any atom is 0.257 e. The second kappa shape index (κ2) is 7.00. The Bertz CT molecular complexity index is 726. The molecule has 0 N–H and O–H groups in total. The third kappa shape index (κ3) is 4.10. The minimum absolute atomic E-state index is 0.0781. The highest BCUT2D eigenvalue weighted by molar-refractivity contribution is 5.93. The van der Waals surface area contributed by atoms with Crippen molar-refractivity contribution in [1.82, 2.24) is 29.1 Å². The van der Waals surface area contributed by atoms with E-state index < -0.39 is 0 Å². The molecule has 1 amide bonds. The molecule has 25 heavy (non-hydrogen) atoms. The van der Waals surface area contributed by atoms with Crippen LogP contribution >= 0.6 is 0 Å². The van der Waals surface area contributed by atoms with Crippen LogP contribution in [0.5, 0.6) is 0 Å². The summed E-state index contributed by atoms with van der Waals surface area (Å²) in [5, 5.41) is 4.35. The molecular weight excluding hydrogens is 316 g/mol. The topological polar surface area (TPSA) is 59.2 Å². The molecule has 1 fully saturated rings. The van der Waals surface area contributed by atoms with Crippen LogP contribution in [0.25, 0.3) is 0 Å². The van der Waals surface area contributed by atoms with E-state index in [1.807, 2.05) is 35.2 Å². The molecule has 0 bridgehead atoms. The van der Waals surface area contributed by atoms with Crippen LogP contribution in [0.4, 0.5) is 0 Å². The fourth-order valence-corrected chi connectivity index (χ4v) is 3.06. The molecule has 0 unspecified atom stereocenters.